The molecule has 7 heteroatoms. The number of nitrogens with zero attached hydrogens (tertiary/aromatic N) is 1. The first-order valence-corrected chi connectivity index (χ1v) is 6.60. The van der Waals surface area contributed by atoms with Crippen molar-refractivity contribution in [3.05, 3.63) is 34.9 Å². The van der Waals surface area contributed by atoms with Gasteiger partial charge in [-0.1, -0.05) is 29.8 Å². The minimum Gasteiger partial charge on any atom is -0.275 e. The Morgan fingerprint density at radius 1 is 1.35 bits per heavy atom. The molecule has 1 aromatic carbocycles. The van der Waals surface area contributed by atoms with Crippen LogP contribution in [0.2, 0.25) is 5.02 Å². The van der Waals surface area contributed by atoms with Crippen molar-refractivity contribution in [2.75, 3.05) is 6.54 Å². The Kier molecular flexibility index (Phi) is 3.10. The third-order valence-electron chi connectivity index (χ3n) is 3.47. The van der Waals surface area contributed by atoms with Gasteiger partial charge in [0.15, 0.2) is 0 Å². The minimum absolute atomic E-state index is 0.0741. The third kappa shape index (κ3) is 2.34. The number of carbonyl (C=O) groups excluding carboxylic acids is 3. The van der Waals surface area contributed by atoms with E-state index in [1.807, 2.05) is 18.2 Å². The van der Waals surface area contributed by atoms with Crippen LogP contribution in [0.25, 0.3) is 0 Å². The molecule has 0 aromatic heterocycles. The summed E-state index contributed by atoms with van der Waals surface area (Å²) in [7, 11) is 0. The highest BCUT2D eigenvalue weighted by Gasteiger charge is 2.46. The molecule has 104 valence electrons. The van der Waals surface area contributed by atoms with Crippen LogP contribution in [-0.2, 0) is 9.59 Å². The van der Waals surface area contributed by atoms with Crippen LogP contribution in [-0.4, -0.2) is 29.4 Å². The molecule has 2 atom stereocenters. The predicted octanol–water partition coefficient (Wildman–Crippen LogP) is 1.03. The molecule has 1 saturated carbocycles. The molecule has 0 radical (unpaired) electrons. The number of halogens is 1. The maximum absolute atomic E-state index is 12.0. The van der Waals surface area contributed by atoms with Crippen LogP contribution in [0.4, 0.5) is 4.79 Å². The molecule has 1 aromatic rings. The number of benzene rings is 1. The summed E-state index contributed by atoms with van der Waals surface area (Å²) in [5.74, 6) is -0.822. The molecular weight excluding hydrogens is 282 g/mol. The molecule has 0 unspecified atom stereocenters. The van der Waals surface area contributed by atoms with Gasteiger partial charge in [0.05, 0.1) is 0 Å². The summed E-state index contributed by atoms with van der Waals surface area (Å²) in [6, 6.07) is 6.80. The number of urea groups is 1. The fourth-order valence-electron chi connectivity index (χ4n) is 2.35. The maximum Gasteiger partial charge on any atom is 0.343 e. The van der Waals surface area contributed by atoms with Gasteiger partial charge in [-0.15, -0.1) is 0 Å². The highest BCUT2D eigenvalue weighted by molar-refractivity contribution is 6.31. The van der Waals surface area contributed by atoms with Crippen molar-refractivity contribution < 1.29 is 14.4 Å². The van der Waals surface area contributed by atoms with E-state index in [0.717, 1.165) is 10.6 Å². The quantitative estimate of drug-likeness (QED) is 0.817. The number of hydrazine groups is 1. The molecule has 6 nitrogen and oxygen atoms in total. The fourth-order valence-corrected chi connectivity index (χ4v) is 2.63. The zero-order chi connectivity index (χ0) is 14.3. The lowest BCUT2D eigenvalue weighted by Crippen LogP contribution is -2.45. The normalized spacial score (nSPS) is 24.6. The van der Waals surface area contributed by atoms with E-state index in [0.29, 0.717) is 11.4 Å². The molecule has 1 aliphatic heterocycles. The van der Waals surface area contributed by atoms with Crippen molar-refractivity contribution in [1.29, 1.82) is 0 Å². The molecule has 20 heavy (non-hydrogen) atoms. The predicted molar refractivity (Wildman–Crippen MR) is 70.7 cm³/mol. The van der Waals surface area contributed by atoms with Crippen molar-refractivity contribution in [2.45, 2.75) is 12.3 Å². The Hall–Kier alpha value is -2.08. The summed E-state index contributed by atoms with van der Waals surface area (Å²) in [5, 5.41) is 3.73. The van der Waals surface area contributed by atoms with Gasteiger partial charge in [0, 0.05) is 10.9 Å². The number of hydrogen-bond donors (Lipinski definition) is 2. The lowest BCUT2D eigenvalue weighted by atomic mass is 10.1. The molecule has 3 rings (SSSR count). The van der Waals surface area contributed by atoms with Crippen LogP contribution >= 0.6 is 11.6 Å². The molecule has 0 bridgehead atoms. The summed E-state index contributed by atoms with van der Waals surface area (Å²) in [5.41, 5.74) is 3.40. The number of rotatable bonds is 3. The van der Waals surface area contributed by atoms with Crippen molar-refractivity contribution in [3.63, 3.8) is 0 Å². The number of carbonyl (C=O) groups is 3. The second-order valence-corrected chi connectivity index (χ2v) is 5.29. The SMILES string of the molecule is O=C1CN(NC(=O)[C@@H]2C[C@H]2c2ccccc2Cl)C(=O)N1. The van der Waals surface area contributed by atoms with E-state index in [4.69, 9.17) is 11.6 Å². The Labute approximate surface area is 120 Å². The summed E-state index contributed by atoms with van der Waals surface area (Å²) in [6.07, 6.45) is 0.693. The van der Waals surface area contributed by atoms with E-state index in [9.17, 15) is 14.4 Å². The Morgan fingerprint density at radius 2 is 2.10 bits per heavy atom. The van der Waals surface area contributed by atoms with Gasteiger partial charge in [0.1, 0.15) is 6.54 Å². The van der Waals surface area contributed by atoms with Gasteiger partial charge in [-0.25, -0.2) is 9.80 Å². The fraction of sp³-hybridized carbons (Fsp3) is 0.308. The molecule has 2 aliphatic rings. The molecule has 1 heterocycles. The topological polar surface area (TPSA) is 78.5 Å². The van der Waals surface area contributed by atoms with Crippen LogP contribution in [0.3, 0.4) is 0 Å². The van der Waals surface area contributed by atoms with E-state index in [1.165, 1.54) is 0 Å². The van der Waals surface area contributed by atoms with Crippen LogP contribution in [0, 0.1) is 5.92 Å². The average Bonchev–Trinajstić information content (AvgIpc) is 3.12. The maximum atomic E-state index is 12.0. The van der Waals surface area contributed by atoms with E-state index in [-0.39, 0.29) is 24.3 Å². The highest BCUT2D eigenvalue weighted by Crippen LogP contribution is 2.49. The summed E-state index contributed by atoms with van der Waals surface area (Å²) < 4.78 is 0. The van der Waals surface area contributed by atoms with Gasteiger partial charge in [0.2, 0.25) is 11.8 Å². The van der Waals surface area contributed by atoms with E-state index in [1.54, 1.807) is 6.07 Å². The standard InChI is InChI=1S/C13H12ClN3O3/c14-10-4-2-1-3-7(10)8-5-9(8)12(19)16-17-6-11(18)15-13(17)20/h1-4,8-9H,5-6H2,(H,16,19)(H,15,18,20)/t8-,9+/m0/s1. The largest absolute Gasteiger partial charge is 0.343 e. The third-order valence-corrected chi connectivity index (χ3v) is 3.81. The van der Waals surface area contributed by atoms with Gasteiger partial charge < -0.3 is 0 Å². The first-order valence-electron chi connectivity index (χ1n) is 6.22. The van der Waals surface area contributed by atoms with Crippen molar-refractivity contribution in [2.24, 2.45) is 5.92 Å². The van der Waals surface area contributed by atoms with E-state index in [2.05, 4.69) is 10.7 Å². The van der Waals surface area contributed by atoms with E-state index >= 15 is 0 Å². The van der Waals surface area contributed by atoms with Crippen molar-refractivity contribution in [3.8, 4) is 0 Å². The van der Waals surface area contributed by atoms with Gasteiger partial charge in [-0.3, -0.25) is 20.3 Å². The molecule has 0 spiro atoms. The highest BCUT2D eigenvalue weighted by atomic mass is 35.5. The molecule has 2 fully saturated rings. The molecule has 1 saturated heterocycles. The zero-order valence-corrected chi connectivity index (χ0v) is 11.2. The van der Waals surface area contributed by atoms with Crippen LogP contribution in [0.15, 0.2) is 24.3 Å². The number of nitrogens with one attached hydrogen (secondary N) is 2. The molecule has 2 N–H and O–H groups in total. The lowest BCUT2D eigenvalue weighted by molar-refractivity contribution is -0.126. The molecule has 1 aliphatic carbocycles. The number of amides is 4. The average molecular weight is 294 g/mol. The monoisotopic (exact) mass is 293 g/mol. The molecule has 4 amide bonds. The second kappa shape index (κ2) is 4.79. The molecular formula is C13H12ClN3O3. The van der Waals surface area contributed by atoms with E-state index < -0.39 is 11.9 Å². The Morgan fingerprint density at radius 3 is 2.75 bits per heavy atom. The van der Waals surface area contributed by atoms with Gasteiger partial charge in [-0.2, -0.15) is 0 Å². The van der Waals surface area contributed by atoms with Crippen LogP contribution in [0.1, 0.15) is 17.9 Å². The zero-order valence-electron chi connectivity index (χ0n) is 10.4. The lowest BCUT2D eigenvalue weighted by Gasteiger charge is -2.14. The first kappa shape index (κ1) is 12.9. The van der Waals surface area contributed by atoms with Crippen molar-refractivity contribution >= 4 is 29.4 Å². The minimum atomic E-state index is -0.599. The second-order valence-electron chi connectivity index (χ2n) is 4.89. The number of imide groups is 1. The van der Waals surface area contributed by atoms with Gasteiger partial charge in [-0.05, 0) is 24.0 Å². The summed E-state index contributed by atoms with van der Waals surface area (Å²) in [4.78, 5) is 34.4. The summed E-state index contributed by atoms with van der Waals surface area (Å²) >= 11 is 6.09. The first-order chi connectivity index (χ1) is 9.56. The van der Waals surface area contributed by atoms with Gasteiger partial charge in [0.25, 0.3) is 0 Å². The van der Waals surface area contributed by atoms with Crippen LogP contribution in [0.5, 0.6) is 0 Å². The number of hydrogen-bond acceptors (Lipinski definition) is 3. The Balaban J connectivity index is 1.62. The van der Waals surface area contributed by atoms with Crippen LogP contribution < -0.4 is 10.7 Å². The summed E-state index contributed by atoms with van der Waals surface area (Å²) in [6.45, 7) is -0.145. The van der Waals surface area contributed by atoms with Crippen molar-refractivity contribution in [1.82, 2.24) is 15.8 Å². The smallest absolute Gasteiger partial charge is 0.275 e. The van der Waals surface area contributed by atoms with Gasteiger partial charge >= 0.3 is 6.03 Å². The Bertz CT molecular complexity index is 604.